The first kappa shape index (κ1) is 17.4. The lowest BCUT2D eigenvalue weighted by Gasteiger charge is -2.48. The summed E-state index contributed by atoms with van der Waals surface area (Å²) in [5.41, 5.74) is 0. The van der Waals surface area contributed by atoms with Crippen molar-refractivity contribution < 1.29 is 38.7 Å². The molecule has 7 atom stereocenters. The van der Waals surface area contributed by atoms with Gasteiger partial charge in [0.25, 0.3) is 0 Å². The third-order valence-electron chi connectivity index (χ3n) is 4.41. The SMILES string of the molecule is COCO[C@H]1C[C@H]2O[C@H]3C=CC=CO[C@@H]3[C@@H](O)[C@@H]2O[C@@H]1CC(=O)O. The summed E-state index contributed by atoms with van der Waals surface area (Å²) in [5.74, 6) is -0.995. The lowest BCUT2D eigenvalue weighted by atomic mass is 9.87. The number of aliphatic carboxylic acids is 1. The van der Waals surface area contributed by atoms with Crippen LogP contribution >= 0.6 is 0 Å². The minimum absolute atomic E-state index is 0.0308. The van der Waals surface area contributed by atoms with E-state index in [0.29, 0.717) is 6.42 Å². The monoisotopic (exact) mass is 342 g/mol. The summed E-state index contributed by atoms with van der Waals surface area (Å²) in [6, 6.07) is 0. The second-order valence-corrected chi connectivity index (χ2v) is 6.03. The Labute approximate surface area is 139 Å². The molecule has 8 heteroatoms. The zero-order valence-electron chi connectivity index (χ0n) is 13.3. The van der Waals surface area contributed by atoms with Crippen LogP contribution in [-0.4, -0.2) is 72.8 Å². The van der Waals surface area contributed by atoms with Crippen LogP contribution in [0.3, 0.4) is 0 Å². The standard InChI is InChI=1S/C16H22O8/c1-20-8-22-10-6-12-16(24-11(10)7-13(17)18)14(19)15-9(23-12)4-2-3-5-21-15/h2-5,9-12,14-16,19H,6-8H2,1H3,(H,17,18)/t9-,10-,11+,12+,14+,15-,16+/m0/s1. The Hall–Kier alpha value is -1.45. The molecule has 0 saturated carbocycles. The van der Waals surface area contributed by atoms with E-state index in [1.807, 2.05) is 6.08 Å². The Morgan fingerprint density at radius 2 is 2.12 bits per heavy atom. The number of hydrogen-bond acceptors (Lipinski definition) is 7. The maximum absolute atomic E-state index is 11.1. The number of methoxy groups -OCH3 is 1. The Morgan fingerprint density at radius 3 is 2.88 bits per heavy atom. The quantitative estimate of drug-likeness (QED) is 0.683. The van der Waals surface area contributed by atoms with Crippen LogP contribution in [0.25, 0.3) is 0 Å². The van der Waals surface area contributed by atoms with E-state index in [-0.39, 0.29) is 13.2 Å². The molecule has 134 valence electrons. The molecule has 3 aliphatic rings. The molecule has 8 nitrogen and oxygen atoms in total. The molecule has 24 heavy (non-hydrogen) atoms. The summed E-state index contributed by atoms with van der Waals surface area (Å²) in [6.07, 6.45) is 2.83. The molecule has 0 amide bonds. The molecule has 2 saturated heterocycles. The van der Waals surface area contributed by atoms with Gasteiger partial charge in [0.15, 0.2) is 6.10 Å². The molecule has 0 radical (unpaired) electrons. The first-order chi connectivity index (χ1) is 11.6. The smallest absolute Gasteiger partial charge is 0.306 e. The molecule has 3 rings (SSSR count). The van der Waals surface area contributed by atoms with Crippen molar-refractivity contribution in [1.29, 1.82) is 0 Å². The maximum Gasteiger partial charge on any atom is 0.306 e. The van der Waals surface area contributed by atoms with Crippen LogP contribution in [-0.2, 0) is 28.5 Å². The average molecular weight is 342 g/mol. The van der Waals surface area contributed by atoms with E-state index in [0.717, 1.165) is 0 Å². The maximum atomic E-state index is 11.1. The summed E-state index contributed by atoms with van der Waals surface area (Å²) in [4.78, 5) is 11.1. The number of carbonyl (C=O) groups is 1. The summed E-state index contributed by atoms with van der Waals surface area (Å²) >= 11 is 0. The van der Waals surface area contributed by atoms with Crippen LogP contribution in [0.4, 0.5) is 0 Å². The van der Waals surface area contributed by atoms with Crippen molar-refractivity contribution in [2.45, 2.75) is 55.6 Å². The molecule has 0 bridgehead atoms. The van der Waals surface area contributed by atoms with Crippen molar-refractivity contribution in [2.24, 2.45) is 0 Å². The van der Waals surface area contributed by atoms with Crippen LogP contribution in [0.1, 0.15) is 12.8 Å². The van der Waals surface area contributed by atoms with E-state index in [9.17, 15) is 9.90 Å². The Kier molecular flexibility index (Phi) is 5.52. The number of aliphatic hydroxyl groups excluding tert-OH is 1. The minimum Gasteiger partial charge on any atom is -0.492 e. The predicted molar refractivity (Wildman–Crippen MR) is 80.1 cm³/mol. The third-order valence-corrected chi connectivity index (χ3v) is 4.41. The van der Waals surface area contributed by atoms with Crippen LogP contribution in [0, 0.1) is 0 Å². The molecule has 3 heterocycles. The predicted octanol–water partition coefficient (Wildman–Crippen LogP) is 0.205. The fraction of sp³-hybridized carbons (Fsp3) is 0.688. The van der Waals surface area contributed by atoms with E-state index in [2.05, 4.69) is 0 Å². The number of carboxylic acids is 1. The zero-order chi connectivity index (χ0) is 17.1. The van der Waals surface area contributed by atoms with Crippen molar-refractivity contribution in [2.75, 3.05) is 13.9 Å². The highest BCUT2D eigenvalue weighted by atomic mass is 16.7. The first-order valence-corrected chi connectivity index (χ1v) is 7.90. The van der Waals surface area contributed by atoms with Gasteiger partial charge in [-0.25, -0.2) is 0 Å². The van der Waals surface area contributed by atoms with Gasteiger partial charge in [0.05, 0.1) is 31.0 Å². The number of aliphatic hydroxyl groups is 1. The third kappa shape index (κ3) is 3.62. The second-order valence-electron chi connectivity index (χ2n) is 6.03. The summed E-state index contributed by atoms with van der Waals surface area (Å²) in [6.45, 7) is 0.0308. The second kappa shape index (κ2) is 7.62. The van der Waals surface area contributed by atoms with E-state index < -0.39 is 48.7 Å². The highest BCUT2D eigenvalue weighted by Crippen LogP contribution is 2.36. The Bertz CT molecular complexity index is 504. The number of ether oxygens (including phenoxy) is 5. The topological polar surface area (TPSA) is 104 Å². The normalized spacial score (nSPS) is 41.0. The fourth-order valence-electron chi connectivity index (χ4n) is 3.34. The van der Waals surface area contributed by atoms with Crippen LogP contribution in [0.5, 0.6) is 0 Å². The lowest BCUT2D eigenvalue weighted by Crippen LogP contribution is -2.63. The van der Waals surface area contributed by atoms with Gasteiger partial charge in [-0.1, -0.05) is 12.2 Å². The van der Waals surface area contributed by atoms with Gasteiger partial charge in [0.2, 0.25) is 0 Å². The van der Waals surface area contributed by atoms with Crippen LogP contribution < -0.4 is 0 Å². The lowest BCUT2D eigenvalue weighted by molar-refractivity contribution is -0.283. The van der Waals surface area contributed by atoms with Crippen molar-refractivity contribution in [3.8, 4) is 0 Å². The Morgan fingerprint density at radius 1 is 1.29 bits per heavy atom. The zero-order valence-corrected chi connectivity index (χ0v) is 13.3. The van der Waals surface area contributed by atoms with Gasteiger partial charge >= 0.3 is 5.97 Å². The van der Waals surface area contributed by atoms with E-state index >= 15 is 0 Å². The molecule has 2 fully saturated rings. The van der Waals surface area contributed by atoms with Crippen molar-refractivity contribution in [1.82, 2.24) is 0 Å². The molecule has 0 unspecified atom stereocenters. The van der Waals surface area contributed by atoms with Gasteiger partial charge in [-0.3, -0.25) is 4.79 Å². The first-order valence-electron chi connectivity index (χ1n) is 7.90. The van der Waals surface area contributed by atoms with E-state index in [4.69, 9.17) is 28.8 Å². The van der Waals surface area contributed by atoms with Crippen LogP contribution in [0.2, 0.25) is 0 Å². The molecular weight excluding hydrogens is 320 g/mol. The van der Waals surface area contributed by atoms with Gasteiger partial charge in [0.1, 0.15) is 25.1 Å². The molecule has 2 N–H and O–H groups in total. The summed E-state index contributed by atoms with van der Waals surface area (Å²) < 4.78 is 27.8. The molecule has 0 aromatic carbocycles. The number of allylic oxidation sites excluding steroid dienone is 2. The van der Waals surface area contributed by atoms with E-state index in [1.54, 1.807) is 12.2 Å². The fourth-order valence-corrected chi connectivity index (χ4v) is 3.34. The number of hydrogen-bond donors (Lipinski definition) is 2. The molecule has 0 aromatic rings. The van der Waals surface area contributed by atoms with Gasteiger partial charge in [-0.15, -0.1) is 0 Å². The molecular formula is C16H22O8. The molecule has 0 aromatic heterocycles. The van der Waals surface area contributed by atoms with Crippen LogP contribution in [0.15, 0.2) is 24.5 Å². The molecule has 0 spiro atoms. The van der Waals surface area contributed by atoms with Gasteiger partial charge in [0, 0.05) is 13.5 Å². The van der Waals surface area contributed by atoms with Crippen molar-refractivity contribution >= 4 is 5.97 Å². The largest absolute Gasteiger partial charge is 0.492 e. The number of fused-ring (bicyclic) bond motifs is 2. The van der Waals surface area contributed by atoms with E-state index in [1.165, 1.54) is 13.4 Å². The van der Waals surface area contributed by atoms with Gasteiger partial charge < -0.3 is 33.9 Å². The summed E-state index contributed by atoms with van der Waals surface area (Å²) in [5, 5.41) is 19.7. The minimum atomic E-state index is -0.995. The average Bonchev–Trinajstić information content (AvgIpc) is 2.79. The Balaban J connectivity index is 1.75. The molecule has 0 aliphatic carbocycles. The van der Waals surface area contributed by atoms with Gasteiger partial charge in [-0.2, -0.15) is 0 Å². The highest BCUT2D eigenvalue weighted by Gasteiger charge is 2.51. The van der Waals surface area contributed by atoms with Gasteiger partial charge in [-0.05, 0) is 6.08 Å². The summed E-state index contributed by atoms with van der Waals surface area (Å²) in [7, 11) is 1.49. The highest BCUT2D eigenvalue weighted by molar-refractivity contribution is 5.67. The number of rotatable bonds is 5. The molecule has 3 aliphatic heterocycles. The van der Waals surface area contributed by atoms with Crippen molar-refractivity contribution in [3.05, 3.63) is 24.5 Å². The number of carboxylic acid groups (broad SMARTS) is 1. The van der Waals surface area contributed by atoms with Crippen molar-refractivity contribution in [3.63, 3.8) is 0 Å².